The van der Waals surface area contributed by atoms with Crippen molar-refractivity contribution in [2.24, 2.45) is 5.92 Å². The molecule has 0 aromatic carbocycles. The summed E-state index contributed by atoms with van der Waals surface area (Å²) in [4.78, 5) is 22.1. The third-order valence-electron chi connectivity index (χ3n) is 2.21. The van der Waals surface area contributed by atoms with Crippen LogP contribution in [0.1, 0.15) is 6.42 Å². The highest BCUT2D eigenvalue weighted by atomic mass is 19.1. The van der Waals surface area contributed by atoms with Gasteiger partial charge in [-0.1, -0.05) is 18.2 Å². The number of hydrogen-bond acceptors (Lipinski definition) is 2. The zero-order valence-electron chi connectivity index (χ0n) is 6.29. The lowest BCUT2D eigenvalue weighted by Crippen LogP contribution is -2.16. The molecule has 2 rings (SSSR count). The van der Waals surface area contributed by atoms with Crippen LogP contribution in [0.2, 0.25) is 0 Å². The molecule has 0 aromatic heterocycles. The van der Waals surface area contributed by atoms with Gasteiger partial charge in [-0.15, -0.1) is 0 Å². The Bertz CT molecular complexity index is 314. The van der Waals surface area contributed by atoms with Crippen molar-refractivity contribution in [3.8, 4) is 0 Å². The Kier molecular flexibility index (Phi) is 1.46. The third-order valence-corrected chi connectivity index (χ3v) is 2.21. The molecule has 2 unspecified atom stereocenters. The Labute approximate surface area is 68.8 Å². The van der Waals surface area contributed by atoms with Gasteiger partial charge in [0.2, 0.25) is 12.0 Å². The molecule has 2 aliphatic rings. The Morgan fingerprint density at radius 3 is 2.83 bits per heavy atom. The highest BCUT2D eigenvalue weighted by Gasteiger charge is 2.44. The molecule has 1 saturated carbocycles. The Balaban J connectivity index is 2.45. The molecule has 0 spiro atoms. The lowest BCUT2D eigenvalue weighted by Gasteiger charge is -2.06. The molecule has 2 nitrogen and oxygen atoms in total. The summed E-state index contributed by atoms with van der Waals surface area (Å²) in [5.41, 5.74) is 0.343. The molecular formula is C9H7FO2. The van der Waals surface area contributed by atoms with E-state index < -0.39 is 23.7 Å². The maximum absolute atomic E-state index is 12.8. The number of alkyl halides is 1. The molecule has 0 bridgehead atoms. The summed E-state index contributed by atoms with van der Waals surface area (Å²) in [6.07, 6.45) is 3.72. The minimum absolute atomic E-state index is 0.343. The predicted octanol–water partition coefficient (Wildman–Crippen LogP) is 0.979. The minimum Gasteiger partial charge on any atom is -0.295 e. The fourth-order valence-electron chi connectivity index (χ4n) is 1.58. The van der Waals surface area contributed by atoms with Gasteiger partial charge in [0.15, 0.2) is 5.78 Å². The quantitative estimate of drug-likeness (QED) is 0.397. The predicted molar refractivity (Wildman–Crippen MR) is 40.2 cm³/mol. The maximum Gasteiger partial charge on any atom is 0.221 e. The number of rotatable bonds is 0. The zero-order chi connectivity index (χ0) is 8.72. The van der Waals surface area contributed by atoms with Crippen LogP contribution in [0.25, 0.3) is 0 Å². The normalized spacial score (nSPS) is 33.6. The van der Waals surface area contributed by atoms with Crippen molar-refractivity contribution in [1.82, 2.24) is 0 Å². The number of Topliss-reactive ketones (excluding diaryl/α,β-unsaturated/α-hetero) is 2. The highest BCUT2D eigenvalue weighted by Crippen LogP contribution is 2.31. The van der Waals surface area contributed by atoms with Crippen LogP contribution in [0.3, 0.4) is 0 Å². The molecule has 1 fully saturated rings. The van der Waals surface area contributed by atoms with Gasteiger partial charge in [0.05, 0.1) is 5.92 Å². The largest absolute Gasteiger partial charge is 0.295 e. The third kappa shape index (κ3) is 0.793. The first-order valence-electron chi connectivity index (χ1n) is 3.80. The molecule has 0 saturated heterocycles. The summed E-state index contributed by atoms with van der Waals surface area (Å²) < 4.78 is 12.8. The van der Waals surface area contributed by atoms with Crippen LogP contribution in [0, 0.1) is 5.92 Å². The molecular weight excluding hydrogens is 159 g/mol. The average Bonchev–Trinajstić information content (AvgIpc) is 2.33. The van der Waals surface area contributed by atoms with Crippen molar-refractivity contribution in [2.45, 2.75) is 12.6 Å². The van der Waals surface area contributed by atoms with Crippen LogP contribution in [0.4, 0.5) is 4.39 Å². The molecule has 3 heteroatoms. The van der Waals surface area contributed by atoms with Crippen LogP contribution >= 0.6 is 0 Å². The molecule has 2 aliphatic carbocycles. The zero-order valence-corrected chi connectivity index (χ0v) is 6.29. The van der Waals surface area contributed by atoms with E-state index in [0.717, 1.165) is 0 Å². The fraction of sp³-hybridized carbons (Fsp3) is 0.333. The average molecular weight is 166 g/mol. The van der Waals surface area contributed by atoms with Crippen LogP contribution in [0.5, 0.6) is 0 Å². The minimum atomic E-state index is -1.91. The second-order valence-electron chi connectivity index (χ2n) is 2.93. The van der Waals surface area contributed by atoms with Gasteiger partial charge in [0.25, 0.3) is 0 Å². The Hall–Kier alpha value is -1.25. The van der Waals surface area contributed by atoms with Crippen molar-refractivity contribution >= 4 is 11.6 Å². The topological polar surface area (TPSA) is 34.1 Å². The molecule has 0 amide bonds. The molecule has 62 valence electrons. The van der Waals surface area contributed by atoms with E-state index in [1.54, 1.807) is 18.2 Å². The van der Waals surface area contributed by atoms with Gasteiger partial charge in [-0.2, -0.15) is 0 Å². The lowest BCUT2D eigenvalue weighted by molar-refractivity contribution is -0.128. The maximum atomic E-state index is 12.8. The molecule has 0 heterocycles. The number of halogens is 1. The van der Waals surface area contributed by atoms with Gasteiger partial charge in [0.1, 0.15) is 0 Å². The second-order valence-corrected chi connectivity index (χ2v) is 2.93. The monoisotopic (exact) mass is 166 g/mol. The first-order valence-corrected chi connectivity index (χ1v) is 3.80. The number of carbonyl (C=O) groups excluding carboxylic acids is 2. The van der Waals surface area contributed by atoms with Crippen molar-refractivity contribution < 1.29 is 14.0 Å². The molecule has 2 atom stereocenters. The number of hydrogen-bond donors (Lipinski definition) is 0. The summed E-state index contributed by atoms with van der Waals surface area (Å²) in [7, 11) is 0. The summed E-state index contributed by atoms with van der Waals surface area (Å²) in [5, 5.41) is 0. The van der Waals surface area contributed by atoms with Gasteiger partial charge in [0, 0.05) is 5.57 Å². The molecule has 0 N–H and O–H groups in total. The van der Waals surface area contributed by atoms with Crippen molar-refractivity contribution in [2.75, 3.05) is 0 Å². The van der Waals surface area contributed by atoms with Crippen molar-refractivity contribution in [1.29, 1.82) is 0 Å². The number of ketones is 2. The number of allylic oxidation sites excluding steroid dienone is 4. The van der Waals surface area contributed by atoms with E-state index in [2.05, 4.69) is 0 Å². The van der Waals surface area contributed by atoms with E-state index in [-0.39, 0.29) is 0 Å². The van der Waals surface area contributed by atoms with E-state index in [1.807, 2.05) is 0 Å². The van der Waals surface area contributed by atoms with E-state index in [1.165, 1.54) is 0 Å². The van der Waals surface area contributed by atoms with Crippen LogP contribution < -0.4 is 0 Å². The Morgan fingerprint density at radius 2 is 2.17 bits per heavy atom. The smallest absolute Gasteiger partial charge is 0.221 e. The fourth-order valence-corrected chi connectivity index (χ4v) is 1.58. The van der Waals surface area contributed by atoms with E-state index >= 15 is 0 Å². The van der Waals surface area contributed by atoms with Gasteiger partial charge < -0.3 is 0 Å². The van der Waals surface area contributed by atoms with Gasteiger partial charge in [-0.3, -0.25) is 9.59 Å². The Morgan fingerprint density at radius 1 is 1.42 bits per heavy atom. The SMILES string of the molecule is O=C1C2=CCC=CC2C(=O)C1F. The highest BCUT2D eigenvalue weighted by molar-refractivity contribution is 6.23. The number of carbonyl (C=O) groups is 2. The molecule has 0 radical (unpaired) electrons. The van der Waals surface area contributed by atoms with E-state index in [0.29, 0.717) is 12.0 Å². The van der Waals surface area contributed by atoms with Gasteiger partial charge >= 0.3 is 0 Å². The first kappa shape index (κ1) is 7.40. The van der Waals surface area contributed by atoms with Gasteiger partial charge in [-0.25, -0.2) is 4.39 Å². The standard InChI is InChI=1S/C9H7FO2/c10-7-8(11)5-3-1-2-4-6(5)9(7)12/h1,3-5,7H,2H2. The molecule has 0 aromatic rings. The lowest BCUT2D eigenvalue weighted by atomic mass is 9.96. The van der Waals surface area contributed by atoms with Crippen LogP contribution in [-0.4, -0.2) is 17.7 Å². The summed E-state index contributed by atoms with van der Waals surface area (Å²) >= 11 is 0. The molecule has 12 heavy (non-hydrogen) atoms. The second kappa shape index (κ2) is 2.37. The van der Waals surface area contributed by atoms with Crippen LogP contribution in [0.15, 0.2) is 23.8 Å². The van der Waals surface area contributed by atoms with E-state index in [4.69, 9.17) is 0 Å². The summed E-state index contributed by atoms with van der Waals surface area (Å²) in [6, 6.07) is 0. The van der Waals surface area contributed by atoms with Crippen molar-refractivity contribution in [3.63, 3.8) is 0 Å². The summed E-state index contributed by atoms with van der Waals surface area (Å²) in [5.74, 6) is -1.85. The van der Waals surface area contributed by atoms with E-state index in [9.17, 15) is 14.0 Å². The first-order chi connectivity index (χ1) is 5.72. The van der Waals surface area contributed by atoms with Crippen molar-refractivity contribution in [3.05, 3.63) is 23.8 Å². The molecule has 0 aliphatic heterocycles. The summed E-state index contributed by atoms with van der Waals surface area (Å²) in [6.45, 7) is 0. The van der Waals surface area contributed by atoms with Gasteiger partial charge in [-0.05, 0) is 6.42 Å². The van der Waals surface area contributed by atoms with Crippen LogP contribution in [-0.2, 0) is 9.59 Å². The number of fused-ring (bicyclic) bond motifs is 1.